The predicted molar refractivity (Wildman–Crippen MR) is 84.8 cm³/mol. The van der Waals surface area contributed by atoms with Gasteiger partial charge in [-0.3, -0.25) is 0 Å². The maximum absolute atomic E-state index is 11.1. The Hall–Kier alpha value is -1.27. The fraction of sp³-hybridized carbons (Fsp3) is 0.600. The van der Waals surface area contributed by atoms with Crippen LogP contribution < -0.4 is 14.8 Å². The van der Waals surface area contributed by atoms with Crippen molar-refractivity contribution in [2.24, 2.45) is 0 Å². The van der Waals surface area contributed by atoms with Gasteiger partial charge in [-0.1, -0.05) is 19.1 Å². The summed E-state index contributed by atoms with van der Waals surface area (Å²) in [5.41, 5.74) is 1.02. The molecule has 0 unspecified atom stereocenters. The van der Waals surface area contributed by atoms with Crippen molar-refractivity contribution in [1.29, 1.82) is 0 Å². The lowest BCUT2D eigenvalue weighted by atomic mass is 10.2. The van der Waals surface area contributed by atoms with Crippen LogP contribution in [-0.4, -0.2) is 40.7 Å². The minimum Gasteiger partial charge on any atom is -0.493 e. The first-order valence-corrected chi connectivity index (χ1v) is 9.21. The molecule has 0 aliphatic heterocycles. The Kier molecular flexibility index (Phi) is 7.53. The lowest BCUT2D eigenvalue weighted by Gasteiger charge is -2.15. The fourth-order valence-corrected chi connectivity index (χ4v) is 2.56. The van der Waals surface area contributed by atoms with Gasteiger partial charge in [0.1, 0.15) is 9.84 Å². The zero-order valence-electron chi connectivity index (χ0n) is 13.0. The number of para-hydroxylation sites is 1. The second-order valence-corrected chi connectivity index (χ2v) is 7.22. The highest BCUT2D eigenvalue weighted by atomic mass is 32.2. The molecule has 0 atom stereocenters. The molecule has 0 saturated heterocycles. The summed E-state index contributed by atoms with van der Waals surface area (Å²) in [6.45, 7) is 4.10. The molecular formula is C15H25NO4S. The molecule has 1 aromatic carbocycles. The third-order valence-electron chi connectivity index (χ3n) is 2.93. The van der Waals surface area contributed by atoms with Crippen LogP contribution >= 0.6 is 0 Å². The lowest BCUT2D eigenvalue weighted by Crippen LogP contribution is -2.15. The maximum Gasteiger partial charge on any atom is 0.165 e. The van der Waals surface area contributed by atoms with Crippen molar-refractivity contribution in [2.75, 3.05) is 32.3 Å². The van der Waals surface area contributed by atoms with Crippen molar-refractivity contribution < 1.29 is 17.9 Å². The number of sulfone groups is 1. The van der Waals surface area contributed by atoms with Gasteiger partial charge in [0.25, 0.3) is 0 Å². The SMILES string of the molecule is CCCNCc1cccc(OC)c1OCCCS(C)(=O)=O. The third kappa shape index (κ3) is 6.82. The zero-order chi connectivity index (χ0) is 15.7. The van der Waals surface area contributed by atoms with Gasteiger partial charge in [0, 0.05) is 18.4 Å². The van der Waals surface area contributed by atoms with E-state index in [1.54, 1.807) is 7.11 Å². The molecule has 1 N–H and O–H groups in total. The number of benzene rings is 1. The molecule has 0 fully saturated rings. The third-order valence-corrected chi connectivity index (χ3v) is 3.96. The van der Waals surface area contributed by atoms with Crippen LogP contribution in [0.5, 0.6) is 11.5 Å². The van der Waals surface area contributed by atoms with Crippen LogP contribution in [0.15, 0.2) is 18.2 Å². The van der Waals surface area contributed by atoms with Gasteiger partial charge >= 0.3 is 0 Å². The zero-order valence-corrected chi connectivity index (χ0v) is 13.8. The minimum atomic E-state index is -2.95. The van der Waals surface area contributed by atoms with Crippen LogP contribution in [0.3, 0.4) is 0 Å². The normalized spacial score (nSPS) is 11.4. The van der Waals surface area contributed by atoms with Gasteiger partial charge in [0.05, 0.1) is 19.5 Å². The van der Waals surface area contributed by atoms with Crippen molar-refractivity contribution >= 4 is 9.84 Å². The first-order chi connectivity index (χ1) is 9.98. The van der Waals surface area contributed by atoms with Crippen molar-refractivity contribution in [3.05, 3.63) is 23.8 Å². The molecule has 0 amide bonds. The number of rotatable bonds is 10. The Morgan fingerprint density at radius 1 is 1.29 bits per heavy atom. The largest absolute Gasteiger partial charge is 0.493 e. The van der Waals surface area contributed by atoms with Gasteiger partial charge in [-0.15, -0.1) is 0 Å². The van der Waals surface area contributed by atoms with Crippen molar-refractivity contribution in [3.63, 3.8) is 0 Å². The highest BCUT2D eigenvalue weighted by Crippen LogP contribution is 2.31. The Bertz CT molecular complexity index is 528. The Morgan fingerprint density at radius 3 is 2.67 bits per heavy atom. The maximum atomic E-state index is 11.1. The van der Waals surface area contributed by atoms with Crippen molar-refractivity contribution in [3.8, 4) is 11.5 Å². The predicted octanol–water partition coefficient (Wildman–Crippen LogP) is 2.01. The average molecular weight is 315 g/mol. The smallest absolute Gasteiger partial charge is 0.165 e. The summed E-state index contributed by atoms with van der Waals surface area (Å²) < 4.78 is 33.3. The molecule has 0 bridgehead atoms. The molecule has 6 heteroatoms. The van der Waals surface area contributed by atoms with Crippen LogP contribution in [0.25, 0.3) is 0 Å². The van der Waals surface area contributed by atoms with E-state index in [-0.39, 0.29) is 5.75 Å². The molecule has 120 valence electrons. The van der Waals surface area contributed by atoms with E-state index >= 15 is 0 Å². The van der Waals surface area contributed by atoms with Gasteiger partial charge in [-0.05, 0) is 25.5 Å². The van der Waals surface area contributed by atoms with Crippen LogP contribution in [0.1, 0.15) is 25.3 Å². The van der Waals surface area contributed by atoms with E-state index in [1.165, 1.54) is 6.26 Å². The lowest BCUT2D eigenvalue weighted by molar-refractivity contribution is 0.291. The van der Waals surface area contributed by atoms with Crippen LogP contribution in [0.4, 0.5) is 0 Å². The van der Waals surface area contributed by atoms with E-state index in [0.29, 0.717) is 31.1 Å². The molecule has 0 aliphatic rings. The van der Waals surface area contributed by atoms with Gasteiger partial charge < -0.3 is 14.8 Å². The van der Waals surface area contributed by atoms with E-state index in [0.717, 1.165) is 18.5 Å². The topological polar surface area (TPSA) is 64.6 Å². The molecule has 1 aromatic rings. The van der Waals surface area contributed by atoms with Crippen LogP contribution in [-0.2, 0) is 16.4 Å². The first-order valence-electron chi connectivity index (χ1n) is 7.15. The van der Waals surface area contributed by atoms with Gasteiger partial charge in [-0.25, -0.2) is 8.42 Å². The molecule has 0 radical (unpaired) electrons. The molecule has 0 heterocycles. The van der Waals surface area contributed by atoms with Crippen molar-refractivity contribution in [2.45, 2.75) is 26.3 Å². The fourth-order valence-electron chi connectivity index (χ4n) is 1.92. The average Bonchev–Trinajstić information content (AvgIpc) is 2.43. The van der Waals surface area contributed by atoms with E-state index in [9.17, 15) is 8.42 Å². The molecule has 0 spiro atoms. The summed E-state index contributed by atoms with van der Waals surface area (Å²) in [4.78, 5) is 0. The molecule has 0 aliphatic carbocycles. The number of hydrogen-bond acceptors (Lipinski definition) is 5. The summed E-state index contributed by atoms with van der Waals surface area (Å²) in [5, 5.41) is 3.33. The van der Waals surface area contributed by atoms with E-state index < -0.39 is 9.84 Å². The minimum absolute atomic E-state index is 0.131. The molecule has 1 rings (SSSR count). The Balaban J connectivity index is 2.68. The number of methoxy groups -OCH3 is 1. The standard InChI is InChI=1S/C15H25NO4S/c1-4-9-16-12-13-7-5-8-14(19-2)15(13)20-10-6-11-21(3,17)18/h5,7-8,16H,4,6,9-12H2,1-3H3. The van der Waals surface area contributed by atoms with E-state index in [4.69, 9.17) is 9.47 Å². The van der Waals surface area contributed by atoms with Gasteiger partial charge in [-0.2, -0.15) is 0 Å². The second-order valence-electron chi connectivity index (χ2n) is 4.96. The first kappa shape index (κ1) is 17.8. The molecule has 0 aromatic heterocycles. The van der Waals surface area contributed by atoms with Gasteiger partial charge in [0.2, 0.25) is 0 Å². The molecular weight excluding hydrogens is 290 g/mol. The van der Waals surface area contributed by atoms with Crippen LogP contribution in [0, 0.1) is 0 Å². The second kappa shape index (κ2) is 8.89. The summed E-state index contributed by atoms with van der Waals surface area (Å²) >= 11 is 0. The summed E-state index contributed by atoms with van der Waals surface area (Å²) in [5.74, 6) is 1.49. The number of ether oxygens (including phenoxy) is 2. The van der Waals surface area contributed by atoms with Crippen molar-refractivity contribution in [1.82, 2.24) is 5.32 Å². The summed E-state index contributed by atoms with van der Waals surface area (Å²) in [6.07, 6.45) is 2.77. The summed E-state index contributed by atoms with van der Waals surface area (Å²) in [6, 6.07) is 5.75. The number of hydrogen-bond donors (Lipinski definition) is 1. The Labute approximate surface area is 127 Å². The van der Waals surface area contributed by atoms with Gasteiger partial charge in [0.15, 0.2) is 11.5 Å². The quantitative estimate of drug-likeness (QED) is 0.669. The Morgan fingerprint density at radius 2 is 2.05 bits per heavy atom. The molecule has 21 heavy (non-hydrogen) atoms. The van der Waals surface area contributed by atoms with Crippen LogP contribution in [0.2, 0.25) is 0 Å². The highest BCUT2D eigenvalue weighted by Gasteiger charge is 2.11. The molecule has 0 saturated carbocycles. The number of nitrogens with one attached hydrogen (secondary N) is 1. The molecule has 5 nitrogen and oxygen atoms in total. The van der Waals surface area contributed by atoms with E-state index in [1.807, 2.05) is 18.2 Å². The highest BCUT2D eigenvalue weighted by molar-refractivity contribution is 7.90. The summed E-state index contributed by atoms with van der Waals surface area (Å²) in [7, 11) is -1.35. The monoisotopic (exact) mass is 315 g/mol. The van der Waals surface area contributed by atoms with E-state index in [2.05, 4.69) is 12.2 Å².